The van der Waals surface area contributed by atoms with E-state index in [1.807, 2.05) is 24.3 Å². The van der Waals surface area contributed by atoms with E-state index in [9.17, 15) is 4.79 Å². The second-order valence-electron chi connectivity index (χ2n) is 8.29. The maximum atomic E-state index is 11.2. The summed E-state index contributed by atoms with van der Waals surface area (Å²) in [6, 6.07) is 9.24. The maximum Gasteiger partial charge on any atom is 0.239 e. The molecule has 34 heavy (non-hydrogen) atoms. The summed E-state index contributed by atoms with van der Waals surface area (Å²) in [6.07, 6.45) is 4.94. The number of aromatic nitrogens is 3. The van der Waals surface area contributed by atoms with E-state index in [-0.39, 0.29) is 11.1 Å². The highest BCUT2D eigenvalue weighted by molar-refractivity contribution is 6.35. The third kappa shape index (κ3) is 7.03. The van der Waals surface area contributed by atoms with Gasteiger partial charge >= 0.3 is 0 Å². The lowest BCUT2D eigenvalue weighted by Crippen LogP contribution is -2.37. The van der Waals surface area contributed by atoms with E-state index in [1.54, 1.807) is 13.0 Å². The summed E-state index contributed by atoms with van der Waals surface area (Å²) in [5.74, 6) is 1.21. The van der Waals surface area contributed by atoms with Crippen molar-refractivity contribution in [2.45, 2.75) is 26.3 Å². The Morgan fingerprint density at radius 3 is 2.41 bits per heavy atom. The third-order valence-electron chi connectivity index (χ3n) is 5.58. The van der Waals surface area contributed by atoms with Gasteiger partial charge in [0.15, 0.2) is 0 Å². The van der Waals surface area contributed by atoms with E-state index in [4.69, 9.17) is 39.5 Å². The van der Waals surface area contributed by atoms with Crippen LogP contribution in [0.25, 0.3) is 11.3 Å². The lowest BCUT2D eigenvalue weighted by molar-refractivity contribution is -0.119. The molecule has 178 valence electrons. The van der Waals surface area contributed by atoms with Gasteiger partial charge in [0, 0.05) is 41.7 Å². The second-order valence-corrected chi connectivity index (χ2v) is 9.55. The number of hydrogen-bond donors (Lipinski definition) is 1. The molecule has 0 saturated carbocycles. The zero-order valence-electron chi connectivity index (χ0n) is 18.6. The minimum absolute atomic E-state index is 0.0192. The Balaban J connectivity index is 1.54. The number of amides is 1. The normalized spacial score (nSPS) is 14.7. The second kappa shape index (κ2) is 11.3. The standard InChI is InChI=1S/C24H24Cl3N5O2/c1-15(33)28-11-16-2-4-32(5-3-16)14-17-6-21(18-8-19(25)10-20(26)9-18)31-23(7-17)34-24-13-29-22(27)12-30-24/h6-10,12-13,16H,2-5,11,14H2,1H3,(H,28,33). The number of piperidine rings is 1. The number of likely N-dealkylation sites (tertiary alicyclic amines) is 1. The maximum absolute atomic E-state index is 11.2. The number of halogens is 3. The van der Waals surface area contributed by atoms with Crippen molar-refractivity contribution in [1.29, 1.82) is 0 Å². The summed E-state index contributed by atoms with van der Waals surface area (Å²) < 4.78 is 5.89. The summed E-state index contributed by atoms with van der Waals surface area (Å²) in [4.78, 5) is 26.4. The monoisotopic (exact) mass is 519 g/mol. The molecule has 0 bridgehead atoms. The molecular weight excluding hydrogens is 497 g/mol. The summed E-state index contributed by atoms with van der Waals surface area (Å²) in [5, 5.41) is 4.27. The Labute approximate surface area is 213 Å². The average Bonchev–Trinajstić information content (AvgIpc) is 2.79. The molecule has 3 heterocycles. The van der Waals surface area contributed by atoms with Crippen LogP contribution in [0, 0.1) is 5.92 Å². The highest BCUT2D eigenvalue weighted by atomic mass is 35.5. The molecule has 0 spiro atoms. The average molecular weight is 521 g/mol. The quantitative estimate of drug-likeness (QED) is 0.434. The van der Waals surface area contributed by atoms with Crippen molar-refractivity contribution in [3.05, 3.63) is 63.5 Å². The van der Waals surface area contributed by atoms with Crippen molar-refractivity contribution in [3.63, 3.8) is 0 Å². The summed E-state index contributed by atoms with van der Waals surface area (Å²) in [5.41, 5.74) is 2.53. The number of nitrogens with zero attached hydrogens (tertiary/aromatic N) is 4. The topological polar surface area (TPSA) is 80.2 Å². The van der Waals surface area contributed by atoms with Crippen LogP contribution in [0.15, 0.2) is 42.7 Å². The molecule has 10 heteroatoms. The number of ether oxygens (including phenoxy) is 1. The molecule has 0 atom stereocenters. The van der Waals surface area contributed by atoms with E-state index >= 15 is 0 Å². The highest BCUT2D eigenvalue weighted by Crippen LogP contribution is 2.30. The first-order valence-electron chi connectivity index (χ1n) is 10.9. The van der Waals surface area contributed by atoms with Crippen LogP contribution in [0.4, 0.5) is 0 Å². The molecule has 7 nitrogen and oxygen atoms in total. The molecule has 1 fully saturated rings. The predicted octanol–water partition coefficient (Wildman–Crippen LogP) is 5.64. The van der Waals surface area contributed by atoms with Gasteiger partial charge in [0.05, 0.1) is 18.1 Å². The zero-order valence-corrected chi connectivity index (χ0v) is 20.9. The molecule has 1 amide bonds. The number of carbonyl (C=O) groups is 1. The largest absolute Gasteiger partial charge is 0.419 e. The van der Waals surface area contributed by atoms with Gasteiger partial charge in [-0.2, -0.15) is 0 Å². The van der Waals surface area contributed by atoms with Crippen molar-refractivity contribution in [1.82, 2.24) is 25.2 Å². The van der Waals surface area contributed by atoms with Crippen molar-refractivity contribution in [2.75, 3.05) is 19.6 Å². The fourth-order valence-electron chi connectivity index (χ4n) is 3.91. The van der Waals surface area contributed by atoms with Crippen LogP contribution in [0.3, 0.4) is 0 Å². The first-order valence-corrected chi connectivity index (χ1v) is 12.1. The van der Waals surface area contributed by atoms with Gasteiger partial charge in [0.1, 0.15) is 5.15 Å². The number of pyridine rings is 1. The summed E-state index contributed by atoms with van der Waals surface area (Å²) in [6.45, 7) is 4.92. The van der Waals surface area contributed by atoms with E-state index in [0.29, 0.717) is 33.4 Å². The lowest BCUT2D eigenvalue weighted by atomic mass is 9.96. The van der Waals surface area contributed by atoms with E-state index in [2.05, 4.69) is 25.2 Å². The van der Waals surface area contributed by atoms with Crippen LogP contribution < -0.4 is 10.1 Å². The zero-order chi connectivity index (χ0) is 24.1. The van der Waals surface area contributed by atoms with Gasteiger partial charge < -0.3 is 10.1 Å². The molecule has 1 aromatic carbocycles. The van der Waals surface area contributed by atoms with Crippen molar-refractivity contribution < 1.29 is 9.53 Å². The fourth-order valence-corrected chi connectivity index (χ4v) is 4.53. The molecule has 0 aliphatic carbocycles. The van der Waals surface area contributed by atoms with Crippen molar-refractivity contribution >= 4 is 40.7 Å². The third-order valence-corrected chi connectivity index (χ3v) is 6.21. The minimum atomic E-state index is 0.0192. The summed E-state index contributed by atoms with van der Waals surface area (Å²) in [7, 11) is 0. The number of hydrogen-bond acceptors (Lipinski definition) is 6. The van der Waals surface area contributed by atoms with Crippen LogP contribution in [0.5, 0.6) is 11.8 Å². The fraction of sp³-hybridized carbons (Fsp3) is 0.333. The molecule has 1 saturated heterocycles. The van der Waals surface area contributed by atoms with E-state index in [1.165, 1.54) is 12.4 Å². The number of carbonyl (C=O) groups excluding carboxylic acids is 1. The number of rotatable bonds is 7. The van der Waals surface area contributed by atoms with Crippen molar-refractivity contribution in [2.24, 2.45) is 5.92 Å². The number of nitrogens with one attached hydrogen (secondary N) is 1. The Morgan fingerprint density at radius 2 is 1.76 bits per heavy atom. The molecule has 1 aliphatic heterocycles. The Kier molecular flexibility index (Phi) is 8.21. The van der Waals surface area contributed by atoms with Gasteiger partial charge in [0.2, 0.25) is 17.7 Å². The molecule has 3 aromatic rings. The summed E-state index contributed by atoms with van der Waals surface area (Å²) >= 11 is 18.3. The van der Waals surface area contributed by atoms with Crippen LogP contribution in [-0.2, 0) is 11.3 Å². The first-order chi connectivity index (χ1) is 16.3. The van der Waals surface area contributed by atoms with Gasteiger partial charge in [-0.25, -0.2) is 15.0 Å². The molecule has 2 aromatic heterocycles. The first kappa shape index (κ1) is 24.7. The SMILES string of the molecule is CC(=O)NCC1CCN(Cc2cc(Oc3cnc(Cl)cn3)nc(-c3cc(Cl)cc(Cl)c3)c2)CC1. The lowest BCUT2D eigenvalue weighted by Gasteiger charge is -2.32. The van der Waals surface area contributed by atoms with Crippen molar-refractivity contribution in [3.8, 4) is 23.0 Å². The van der Waals surface area contributed by atoms with Gasteiger partial charge in [-0.15, -0.1) is 0 Å². The van der Waals surface area contributed by atoms with Gasteiger partial charge in [-0.05, 0) is 61.7 Å². The molecule has 0 radical (unpaired) electrons. The molecular formula is C24H24Cl3N5O2. The van der Waals surface area contributed by atoms with Gasteiger partial charge in [-0.1, -0.05) is 34.8 Å². The van der Waals surface area contributed by atoms with E-state index in [0.717, 1.165) is 50.1 Å². The predicted molar refractivity (Wildman–Crippen MR) is 133 cm³/mol. The smallest absolute Gasteiger partial charge is 0.239 e. The van der Waals surface area contributed by atoms with E-state index < -0.39 is 0 Å². The highest BCUT2D eigenvalue weighted by Gasteiger charge is 2.20. The minimum Gasteiger partial charge on any atom is -0.419 e. The Morgan fingerprint density at radius 1 is 1.03 bits per heavy atom. The Bertz CT molecular complexity index is 1130. The van der Waals surface area contributed by atoms with Crippen LogP contribution in [0.2, 0.25) is 15.2 Å². The number of benzene rings is 1. The van der Waals surface area contributed by atoms with Crippen LogP contribution in [-0.4, -0.2) is 45.4 Å². The Hall–Kier alpha value is -2.45. The van der Waals surface area contributed by atoms with Gasteiger partial charge in [-0.3, -0.25) is 9.69 Å². The van der Waals surface area contributed by atoms with Crippen LogP contribution >= 0.6 is 34.8 Å². The molecule has 1 N–H and O–H groups in total. The molecule has 1 aliphatic rings. The molecule has 4 rings (SSSR count). The van der Waals surface area contributed by atoms with Crippen LogP contribution in [0.1, 0.15) is 25.3 Å². The molecule has 0 unspecified atom stereocenters. The van der Waals surface area contributed by atoms with Gasteiger partial charge in [0.25, 0.3) is 0 Å².